The van der Waals surface area contributed by atoms with Crippen LogP contribution in [-0.2, 0) is 6.18 Å². The predicted octanol–water partition coefficient (Wildman–Crippen LogP) is 3.31. The maximum absolute atomic E-state index is 13.6. The van der Waals surface area contributed by atoms with E-state index >= 15 is 0 Å². The monoisotopic (exact) mass is 272 g/mol. The van der Waals surface area contributed by atoms with Crippen molar-refractivity contribution >= 4 is 0 Å². The number of aromatic nitrogens is 2. The molecule has 19 heavy (non-hydrogen) atoms. The summed E-state index contributed by atoms with van der Waals surface area (Å²) in [5.41, 5.74) is -1.29. The first-order valence-electron chi connectivity index (χ1n) is 5.16. The van der Waals surface area contributed by atoms with Crippen LogP contribution in [0.2, 0.25) is 0 Å². The molecule has 0 fully saturated rings. The third-order valence-corrected chi connectivity index (χ3v) is 2.34. The Hall–Kier alpha value is -2.18. The third-order valence-electron chi connectivity index (χ3n) is 2.34. The van der Waals surface area contributed by atoms with Crippen molar-refractivity contribution in [3.63, 3.8) is 0 Å². The van der Waals surface area contributed by atoms with Gasteiger partial charge in [-0.15, -0.1) is 0 Å². The molecule has 2 aromatic heterocycles. The summed E-state index contributed by atoms with van der Waals surface area (Å²) in [6.07, 6.45) is -3.44. The Labute approximate surface area is 105 Å². The second kappa shape index (κ2) is 4.83. The van der Waals surface area contributed by atoms with Crippen LogP contribution in [-0.4, -0.2) is 17.1 Å². The van der Waals surface area contributed by atoms with Crippen molar-refractivity contribution in [2.75, 3.05) is 7.11 Å². The second-order valence-corrected chi connectivity index (χ2v) is 3.59. The molecular weight excluding hydrogens is 264 g/mol. The van der Waals surface area contributed by atoms with E-state index in [-0.39, 0.29) is 11.4 Å². The lowest BCUT2D eigenvalue weighted by molar-refractivity contribution is -0.141. The van der Waals surface area contributed by atoms with E-state index in [1.54, 1.807) is 12.1 Å². The fourth-order valence-corrected chi connectivity index (χ4v) is 1.54. The third kappa shape index (κ3) is 2.64. The smallest absolute Gasteiger partial charge is 0.424 e. The van der Waals surface area contributed by atoms with Crippen LogP contribution >= 0.6 is 0 Å². The van der Waals surface area contributed by atoms with Crippen LogP contribution < -0.4 is 4.74 Å². The number of methoxy groups -OCH3 is 1. The van der Waals surface area contributed by atoms with Gasteiger partial charge in [-0.1, -0.05) is 6.07 Å². The van der Waals surface area contributed by atoms with E-state index in [2.05, 4.69) is 14.7 Å². The van der Waals surface area contributed by atoms with Crippen molar-refractivity contribution in [2.45, 2.75) is 6.18 Å². The molecule has 0 saturated carbocycles. The highest BCUT2D eigenvalue weighted by atomic mass is 19.4. The molecule has 0 aliphatic heterocycles. The van der Waals surface area contributed by atoms with Crippen LogP contribution in [0, 0.1) is 5.82 Å². The first-order chi connectivity index (χ1) is 8.93. The van der Waals surface area contributed by atoms with Gasteiger partial charge in [0.2, 0.25) is 5.88 Å². The normalized spacial score (nSPS) is 11.4. The van der Waals surface area contributed by atoms with Crippen LogP contribution in [0.25, 0.3) is 11.4 Å². The van der Waals surface area contributed by atoms with Crippen LogP contribution in [0.5, 0.6) is 5.88 Å². The van der Waals surface area contributed by atoms with Gasteiger partial charge in [0.25, 0.3) is 0 Å². The minimum atomic E-state index is -4.87. The Bertz CT molecular complexity index is 584. The maximum atomic E-state index is 13.6. The maximum Gasteiger partial charge on any atom is 0.424 e. The number of hydrogen-bond acceptors (Lipinski definition) is 3. The van der Waals surface area contributed by atoms with Gasteiger partial charge in [-0.25, -0.2) is 9.37 Å². The molecule has 0 spiro atoms. The van der Waals surface area contributed by atoms with Gasteiger partial charge >= 0.3 is 6.18 Å². The van der Waals surface area contributed by atoms with Crippen molar-refractivity contribution in [3.05, 3.63) is 41.8 Å². The highest BCUT2D eigenvalue weighted by Gasteiger charge is 2.39. The van der Waals surface area contributed by atoms with Crippen molar-refractivity contribution in [1.29, 1.82) is 0 Å². The van der Waals surface area contributed by atoms with Crippen molar-refractivity contribution < 1.29 is 22.3 Å². The number of alkyl halides is 3. The van der Waals surface area contributed by atoms with Gasteiger partial charge in [0.15, 0.2) is 5.56 Å². The molecule has 0 radical (unpaired) electrons. The number of ether oxygens (including phenoxy) is 1. The zero-order chi connectivity index (χ0) is 14.0. The number of halogens is 4. The predicted molar refractivity (Wildman–Crippen MR) is 59.0 cm³/mol. The Morgan fingerprint density at radius 3 is 2.42 bits per heavy atom. The molecule has 2 heterocycles. The molecule has 0 amide bonds. The van der Waals surface area contributed by atoms with Crippen molar-refractivity contribution in [1.82, 2.24) is 9.97 Å². The number of nitrogens with zero attached hydrogens (tertiary/aromatic N) is 2. The molecule has 0 bridgehead atoms. The highest BCUT2D eigenvalue weighted by Crippen LogP contribution is 2.38. The first-order valence-corrected chi connectivity index (χ1v) is 5.16. The fraction of sp³-hybridized carbons (Fsp3) is 0.167. The van der Waals surface area contributed by atoms with Crippen LogP contribution in [0.15, 0.2) is 30.5 Å². The van der Waals surface area contributed by atoms with Crippen LogP contribution in [0.4, 0.5) is 17.6 Å². The van der Waals surface area contributed by atoms with Gasteiger partial charge in [-0.2, -0.15) is 13.2 Å². The molecule has 0 saturated heterocycles. The summed E-state index contributed by atoms with van der Waals surface area (Å²) in [5.74, 6) is -2.26. The van der Waals surface area contributed by atoms with E-state index in [4.69, 9.17) is 0 Å². The highest BCUT2D eigenvalue weighted by molar-refractivity contribution is 5.56. The molecule has 3 nitrogen and oxygen atoms in total. The van der Waals surface area contributed by atoms with Crippen LogP contribution in [0.1, 0.15) is 5.56 Å². The fourth-order valence-electron chi connectivity index (χ4n) is 1.54. The molecule has 2 rings (SSSR count). The standard InChI is InChI=1S/C12H8F4N2O/c1-19-11-10(12(14,15)16)7(13)6-9(18-11)8-4-2-3-5-17-8/h2-6H,1H3. The zero-order valence-electron chi connectivity index (χ0n) is 9.70. The molecule has 7 heteroatoms. The molecular formula is C12H8F4N2O. The van der Waals surface area contributed by atoms with Gasteiger partial charge in [-0.05, 0) is 12.1 Å². The van der Waals surface area contributed by atoms with E-state index in [9.17, 15) is 17.6 Å². The molecule has 0 aliphatic rings. The summed E-state index contributed by atoms with van der Waals surface area (Å²) in [7, 11) is 0.999. The van der Waals surface area contributed by atoms with Crippen molar-refractivity contribution in [2.24, 2.45) is 0 Å². The summed E-state index contributed by atoms with van der Waals surface area (Å²) in [4.78, 5) is 7.54. The van der Waals surface area contributed by atoms with E-state index in [1.165, 1.54) is 12.3 Å². The van der Waals surface area contributed by atoms with E-state index in [0.29, 0.717) is 6.07 Å². The summed E-state index contributed by atoms with van der Waals surface area (Å²) in [5, 5.41) is 0. The molecule has 100 valence electrons. The zero-order valence-corrected chi connectivity index (χ0v) is 9.70. The van der Waals surface area contributed by atoms with Gasteiger partial charge in [0.05, 0.1) is 18.5 Å². The number of hydrogen-bond donors (Lipinski definition) is 0. The molecule has 0 N–H and O–H groups in total. The molecule has 0 aliphatic carbocycles. The molecule has 2 aromatic rings. The molecule has 0 aromatic carbocycles. The number of rotatable bonds is 2. The first kappa shape index (κ1) is 13.3. The van der Waals surface area contributed by atoms with Gasteiger partial charge in [0, 0.05) is 12.3 Å². The van der Waals surface area contributed by atoms with Crippen LogP contribution in [0.3, 0.4) is 0 Å². The largest absolute Gasteiger partial charge is 0.480 e. The Morgan fingerprint density at radius 2 is 1.89 bits per heavy atom. The lowest BCUT2D eigenvalue weighted by atomic mass is 10.2. The SMILES string of the molecule is COc1nc(-c2ccccn2)cc(F)c1C(F)(F)F. The average Bonchev–Trinajstić information content (AvgIpc) is 2.37. The van der Waals surface area contributed by atoms with Gasteiger partial charge in [-0.3, -0.25) is 4.98 Å². The summed E-state index contributed by atoms with van der Waals surface area (Å²) < 4.78 is 56.1. The minimum absolute atomic E-state index is 0.0250. The topological polar surface area (TPSA) is 35.0 Å². The second-order valence-electron chi connectivity index (χ2n) is 3.59. The average molecular weight is 272 g/mol. The van der Waals surface area contributed by atoms with E-state index in [1.807, 2.05) is 0 Å². The molecule has 0 unspecified atom stereocenters. The Balaban J connectivity index is 2.61. The molecule has 0 atom stereocenters. The van der Waals surface area contributed by atoms with E-state index < -0.39 is 23.4 Å². The Morgan fingerprint density at radius 1 is 1.16 bits per heavy atom. The van der Waals surface area contributed by atoms with Gasteiger partial charge < -0.3 is 4.74 Å². The van der Waals surface area contributed by atoms with E-state index in [0.717, 1.165) is 7.11 Å². The summed E-state index contributed by atoms with van der Waals surface area (Å²) in [6.45, 7) is 0. The quantitative estimate of drug-likeness (QED) is 0.787. The number of pyridine rings is 2. The van der Waals surface area contributed by atoms with Gasteiger partial charge in [0.1, 0.15) is 5.82 Å². The summed E-state index contributed by atoms with van der Waals surface area (Å²) >= 11 is 0. The lowest BCUT2D eigenvalue weighted by Crippen LogP contribution is -2.12. The van der Waals surface area contributed by atoms with Crippen molar-refractivity contribution in [3.8, 4) is 17.3 Å². The summed E-state index contributed by atoms with van der Waals surface area (Å²) in [6, 6.07) is 5.44. The lowest BCUT2D eigenvalue weighted by Gasteiger charge is -2.13. The minimum Gasteiger partial charge on any atom is -0.480 e. The Kier molecular flexibility index (Phi) is 3.37.